The first kappa shape index (κ1) is 16.6. The molecule has 1 unspecified atom stereocenters. The standard InChI is InChI=1S/C15H21NO3S/c1-15(2,3)14(18)16-12(13(17)19-4)20-10-11-8-6-5-7-9-11/h5-9,12H,10H2,1-4H3,(H,16,18). The van der Waals surface area contributed by atoms with Crippen molar-refractivity contribution in [2.24, 2.45) is 5.41 Å². The number of nitrogens with one attached hydrogen (secondary N) is 1. The van der Waals surface area contributed by atoms with Crippen LogP contribution in [0, 0.1) is 5.41 Å². The summed E-state index contributed by atoms with van der Waals surface area (Å²) in [5, 5.41) is 2.04. The number of carbonyl (C=O) groups excluding carboxylic acids is 2. The summed E-state index contributed by atoms with van der Waals surface area (Å²) in [4.78, 5) is 23.7. The zero-order valence-corrected chi connectivity index (χ0v) is 13.1. The molecule has 1 N–H and O–H groups in total. The molecule has 1 atom stereocenters. The number of esters is 1. The Hall–Kier alpha value is -1.49. The highest BCUT2D eigenvalue weighted by molar-refractivity contribution is 7.99. The molecule has 0 heterocycles. The number of hydrogen-bond acceptors (Lipinski definition) is 4. The van der Waals surface area contributed by atoms with E-state index in [1.54, 1.807) is 20.8 Å². The summed E-state index contributed by atoms with van der Waals surface area (Å²) in [5.41, 5.74) is 0.552. The third kappa shape index (κ3) is 5.25. The highest BCUT2D eigenvalue weighted by Gasteiger charge is 2.28. The molecular formula is C15H21NO3S. The minimum atomic E-state index is -0.688. The molecule has 1 rings (SSSR count). The lowest BCUT2D eigenvalue weighted by atomic mass is 9.96. The molecule has 1 aromatic rings. The van der Waals surface area contributed by atoms with Gasteiger partial charge in [-0.25, -0.2) is 4.79 Å². The van der Waals surface area contributed by atoms with Crippen molar-refractivity contribution in [3.8, 4) is 0 Å². The second-order valence-electron chi connectivity index (χ2n) is 5.42. The van der Waals surface area contributed by atoms with E-state index in [0.29, 0.717) is 5.75 Å². The van der Waals surface area contributed by atoms with Crippen LogP contribution in [0.5, 0.6) is 0 Å². The number of thioether (sulfide) groups is 1. The lowest BCUT2D eigenvalue weighted by Crippen LogP contribution is -2.44. The van der Waals surface area contributed by atoms with E-state index in [1.165, 1.54) is 18.9 Å². The zero-order chi connectivity index (χ0) is 15.2. The van der Waals surface area contributed by atoms with Crippen LogP contribution in [0.3, 0.4) is 0 Å². The van der Waals surface area contributed by atoms with Gasteiger partial charge in [0.25, 0.3) is 0 Å². The predicted molar refractivity (Wildman–Crippen MR) is 81.1 cm³/mol. The van der Waals surface area contributed by atoms with Crippen molar-refractivity contribution >= 4 is 23.6 Å². The summed E-state index contributed by atoms with van der Waals surface area (Å²) in [7, 11) is 1.32. The van der Waals surface area contributed by atoms with Gasteiger partial charge in [-0.3, -0.25) is 4.79 Å². The van der Waals surface area contributed by atoms with Crippen LogP contribution in [0.15, 0.2) is 30.3 Å². The Labute approximate surface area is 124 Å². The summed E-state index contributed by atoms with van der Waals surface area (Å²) in [6, 6.07) is 9.78. The molecule has 0 saturated heterocycles. The molecule has 0 fully saturated rings. The summed E-state index contributed by atoms with van der Waals surface area (Å²) < 4.78 is 4.74. The SMILES string of the molecule is COC(=O)C(NC(=O)C(C)(C)C)SCc1ccccc1. The monoisotopic (exact) mass is 295 g/mol. The molecule has 0 aromatic heterocycles. The van der Waals surface area contributed by atoms with Crippen LogP contribution in [0.4, 0.5) is 0 Å². The first-order valence-electron chi connectivity index (χ1n) is 6.39. The molecule has 0 aliphatic rings. The van der Waals surface area contributed by atoms with E-state index in [1.807, 2.05) is 30.3 Å². The molecule has 1 amide bonds. The second kappa shape index (κ2) is 7.33. The molecule has 0 aliphatic heterocycles. The van der Waals surface area contributed by atoms with Crippen LogP contribution in [0.2, 0.25) is 0 Å². The number of amides is 1. The molecule has 0 saturated carbocycles. The van der Waals surface area contributed by atoms with E-state index < -0.39 is 16.8 Å². The van der Waals surface area contributed by atoms with Gasteiger partial charge in [0.15, 0.2) is 5.37 Å². The van der Waals surface area contributed by atoms with Crippen LogP contribution in [0.25, 0.3) is 0 Å². The Kier molecular flexibility index (Phi) is 6.07. The van der Waals surface area contributed by atoms with E-state index in [4.69, 9.17) is 4.74 Å². The lowest BCUT2D eigenvalue weighted by Gasteiger charge is -2.22. The van der Waals surface area contributed by atoms with Crippen molar-refractivity contribution in [2.75, 3.05) is 7.11 Å². The smallest absolute Gasteiger partial charge is 0.339 e. The fraction of sp³-hybridized carbons (Fsp3) is 0.467. The fourth-order valence-corrected chi connectivity index (χ4v) is 2.34. The van der Waals surface area contributed by atoms with Gasteiger partial charge >= 0.3 is 5.97 Å². The van der Waals surface area contributed by atoms with Crippen LogP contribution in [-0.4, -0.2) is 24.4 Å². The predicted octanol–water partition coefficient (Wildman–Crippen LogP) is 2.58. The van der Waals surface area contributed by atoms with E-state index >= 15 is 0 Å². The van der Waals surface area contributed by atoms with Crippen LogP contribution < -0.4 is 5.32 Å². The van der Waals surface area contributed by atoms with Crippen molar-refractivity contribution in [3.63, 3.8) is 0 Å². The van der Waals surface area contributed by atoms with Gasteiger partial charge in [0.2, 0.25) is 5.91 Å². The summed E-state index contributed by atoms with van der Waals surface area (Å²) >= 11 is 1.35. The van der Waals surface area contributed by atoms with Gasteiger partial charge in [-0.15, -0.1) is 11.8 Å². The maximum Gasteiger partial charge on any atom is 0.339 e. The van der Waals surface area contributed by atoms with Gasteiger partial charge in [0, 0.05) is 11.2 Å². The van der Waals surface area contributed by atoms with Crippen LogP contribution >= 0.6 is 11.8 Å². The molecule has 0 aliphatic carbocycles. The van der Waals surface area contributed by atoms with E-state index in [0.717, 1.165) is 5.56 Å². The highest BCUT2D eigenvalue weighted by Crippen LogP contribution is 2.20. The van der Waals surface area contributed by atoms with Crippen molar-refractivity contribution in [1.29, 1.82) is 0 Å². The topological polar surface area (TPSA) is 55.4 Å². The first-order valence-corrected chi connectivity index (χ1v) is 7.44. The third-order valence-corrected chi connectivity index (χ3v) is 3.76. The van der Waals surface area contributed by atoms with Crippen molar-refractivity contribution in [3.05, 3.63) is 35.9 Å². The van der Waals surface area contributed by atoms with Gasteiger partial charge in [-0.1, -0.05) is 51.1 Å². The number of carbonyl (C=O) groups is 2. The Morgan fingerprint density at radius 3 is 2.35 bits per heavy atom. The third-order valence-electron chi connectivity index (χ3n) is 2.62. The molecule has 0 spiro atoms. The van der Waals surface area contributed by atoms with E-state index in [2.05, 4.69) is 5.32 Å². The van der Waals surface area contributed by atoms with Gasteiger partial charge in [-0.05, 0) is 5.56 Å². The Morgan fingerprint density at radius 2 is 1.85 bits per heavy atom. The maximum absolute atomic E-state index is 12.0. The Balaban J connectivity index is 2.66. The van der Waals surface area contributed by atoms with Crippen molar-refractivity contribution < 1.29 is 14.3 Å². The van der Waals surface area contributed by atoms with Crippen LogP contribution in [-0.2, 0) is 20.1 Å². The minimum Gasteiger partial charge on any atom is -0.467 e. The number of rotatable bonds is 5. The number of ether oxygens (including phenoxy) is 1. The number of methoxy groups -OCH3 is 1. The average Bonchev–Trinajstić information content (AvgIpc) is 2.42. The van der Waals surface area contributed by atoms with E-state index in [-0.39, 0.29) is 5.91 Å². The Morgan fingerprint density at radius 1 is 1.25 bits per heavy atom. The number of hydrogen-bond donors (Lipinski definition) is 1. The summed E-state index contributed by atoms with van der Waals surface area (Å²) in [6.07, 6.45) is 0. The van der Waals surface area contributed by atoms with Gasteiger partial charge in [0.1, 0.15) is 0 Å². The Bertz CT molecular complexity index is 454. The minimum absolute atomic E-state index is 0.173. The normalized spacial score (nSPS) is 12.6. The quantitative estimate of drug-likeness (QED) is 0.670. The molecular weight excluding hydrogens is 274 g/mol. The highest BCUT2D eigenvalue weighted by atomic mass is 32.2. The van der Waals surface area contributed by atoms with E-state index in [9.17, 15) is 9.59 Å². The molecule has 0 radical (unpaired) electrons. The fourth-order valence-electron chi connectivity index (χ4n) is 1.37. The molecule has 5 heteroatoms. The molecule has 0 bridgehead atoms. The van der Waals surface area contributed by atoms with Gasteiger partial charge in [0.05, 0.1) is 7.11 Å². The van der Waals surface area contributed by atoms with Crippen molar-refractivity contribution in [1.82, 2.24) is 5.32 Å². The number of benzene rings is 1. The molecule has 110 valence electrons. The lowest BCUT2D eigenvalue weighted by molar-refractivity contribution is -0.143. The molecule has 1 aromatic carbocycles. The zero-order valence-electron chi connectivity index (χ0n) is 12.3. The maximum atomic E-state index is 12.0. The average molecular weight is 295 g/mol. The van der Waals surface area contributed by atoms with Crippen LogP contribution in [0.1, 0.15) is 26.3 Å². The summed E-state index contributed by atoms with van der Waals surface area (Å²) in [6.45, 7) is 5.41. The van der Waals surface area contributed by atoms with Crippen molar-refractivity contribution in [2.45, 2.75) is 31.9 Å². The summed E-state index contributed by atoms with van der Waals surface area (Å²) in [5.74, 6) is 0.0161. The largest absolute Gasteiger partial charge is 0.467 e. The molecule has 4 nitrogen and oxygen atoms in total. The van der Waals surface area contributed by atoms with Gasteiger partial charge < -0.3 is 10.1 Å². The second-order valence-corrected chi connectivity index (χ2v) is 6.52. The molecule has 20 heavy (non-hydrogen) atoms. The van der Waals surface area contributed by atoms with Gasteiger partial charge in [-0.2, -0.15) is 0 Å². The first-order chi connectivity index (χ1) is 9.34.